The van der Waals surface area contributed by atoms with Crippen LogP contribution in [-0.2, 0) is 6.42 Å². The number of piperidine rings is 1. The number of hydrogen-bond acceptors (Lipinski definition) is 11. The summed E-state index contributed by atoms with van der Waals surface area (Å²) >= 11 is 0. The number of aliphatic hydroxyl groups is 1. The first kappa shape index (κ1) is 44.2. The van der Waals surface area contributed by atoms with E-state index in [1.807, 2.05) is 76.2 Å². The van der Waals surface area contributed by atoms with Crippen molar-refractivity contribution >= 4 is 56.4 Å². The van der Waals surface area contributed by atoms with Gasteiger partial charge in [0.15, 0.2) is 11.6 Å². The molecule has 2 fully saturated rings. The maximum Gasteiger partial charge on any atom is 0.275 e. The van der Waals surface area contributed by atoms with Crippen molar-refractivity contribution in [2.45, 2.75) is 57.7 Å². The number of piperazine rings is 1. The minimum absolute atomic E-state index is 0.0288. The Balaban J connectivity index is 0.000000166. The number of para-hydroxylation sites is 2. The predicted molar refractivity (Wildman–Crippen MR) is 252 cm³/mol. The highest BCUT2D eigenvalue weighted by Crippen LogP contribution is 2.42. The molecule has 17 heteroatoms. The second-order valence-corrected chi connectivity index (χ2v) is 17.5. The molecule has 2 saturated heterocycles. The zero-order valence-electron chi connectivity index (χ0n) is 37.1. The molecule has 10 rings (SSSR count). The molecule has 344 valence electrons. The van der Waals surface area contributed by atoms with Crippen molar-refractivity contribution in [2.24, 2.45) is 0 Å². The second kappa shape index (κ2) is 18.5. The average molecular weight is 902 g/mol. The molecule has 4 aromatic carbocycles. The van der Waals surface area contributed by atoms with Gasteiger partial charge in [0.05, 0.1) is 45.6 Å². The largest absolute Gasteiger partial charge is 0.487 e. The maximum atomic E-state index is 15.4. The van der Waals surface area contributed by atoms with E-state index in [2.05, 4.69) is 26.6 Å². The maximum absolute atomic E-state index is 15.4. The molecule has 4 aliphatic heterocycles. The summed E-state index contributed by atoms with van der Waals surface area (Å²) in [6, 6.07) is 20.7. The van der Waals surface area contributed by atoms with Crippen LogP contribution in [0.5, 0.6) is 5.75 Å². The summed E-state index contributed by atoms with van der Waals surface area (Å²) in [7, 11) is 2.03. The van der Waals surface area contributed by atoms with Crippen molar-refractivity contribution in [3.63, 3.8) is 0 Å². The van der Waals surface area contributed by atoms with Gasteiger partial charge in [-0.15, -0.1) is 0 Å². The van der Waals surface area contributed by atoms with Crippen molar-refractivity contribution in [3.8, 4) is 5.75 Å². The molecule has 2 amide bonds. The quantitative estimate of drug-likeness (QED) is 0.114. The molecule has 0 radical (unpaired) electrons. The molecule has 2 atom stereocenters. The van der Waals surface area contributed by atoms with Gasteiger partial charge in [-0.2, -0.15) is 0 Å². The monoisotopic (exact) mass is 901 g/mol. The van der Waals surface area contributed by atoms with Crippen LogP contribution in [0.3, 0.4) is 0 Å². The molecule has 0 aliphatic carbocycles. The van der Waals surface area contributed by atoms with Crippen molar-refractivity contribution in [1.29, 1.82) is 0 Å². The third kappa shape index (κ3) is 8.51. The van der Waals surface area contributed by atoms with Crippen LogP contribution in [0.15, 0.2) is 94.8 Å². The predicted octanol–water partition coefficient (Wildman–Crippen LogP) is 5.97. The molecule has 0 spiro atoms. The lowest BCUT2D eigenvalue weighted by atomic mass is 9.93. The molecule has 2 unspecified atom stereocenters. The number of benzene rings is 4. The normalized spacial score (nSPS) is 18.3. The Morgan fingerprint density at radius 1 is 0.667 bits per heavy atom. The number of aryl methyl sites for hydroxylation is 1. The minimum atomic E-state index is -0.585. The summed E-state index contributed by atoms with van der Waals surface area (Å²) in [5.41, 5.74) is 14.0. The number of nitrogens with zero attached hydrogens (tertiary/aromatic N) is 5. The van der Waals surface area contributed by atoms with E-state index in [9.17, 15) is 24.3 Å². The number of hydrogen-bond donors (Lipinski definition) is 5. The number of halogens is 2. The van der Waals surface area contributed by atoms with Crippen molar-refractivity contribution in [2.75, 3.05) is 73.6 Å². The van der Waals surface area contributed by atoms with Crippen LogP contribution in [0, 0.1) is 11.6 Å². The Labute approximate surface area is 379 Å². The van der Waals surface area contributed by atoms with Gasteiger partial charge in [-0.1, -0.05) is 36.4 Å². The summed E-state index contributed by atoms with van der Waals surface area (Å²) in [4.78, 5) is 58.5. The number of carbonyl (C=O) groups excluding carboxylic acids is 2. The molecule has 6 heterocycles. The van der Waals surface area contributed by atoms with Crippen LogP contribution in [-0.4, -0.2) is 90.0 Å². The lowest BCUT2D eigenvalue weighted by Crippen LogP contribution is -2.45. The molecule has 4 aliphatic rings. The van der Waals surface area contributed by atoms with Gasteiger partial charge in [-0.25, -0.2) is 8.78 Å². The number of rotatable bonds is 8. The summed E-state index contributed by atoms with van der Waals surface area (Å²) in [5.74, 6) is -1.74. The minimum Gasteiger partial charge on any atom is -0.487 e. The molecule has 0 bridgehead atoms. The SMILES string of the molecule is CC1CCc2c(N3CCC(O)CC3)c(F)cc3c(=O)c(C(=O)NNc4ccccc4)cn1c23.CC1COc2c(N3CCN(C)CC3)c(F)cc3c(=O)c(C(=O)NNc4ccccc4)cn1c23. The fourth-order valence-electron chi connectivity index (χ4n) is 9.36. The van der Waals surface area contributed by atoms with Crippen LogP contribution in [0.4, 0.5) is 31.5 Å². The summed E-state index contributed by atoms with van der Waals surface area (Å²) < 4.78 is 40.6. The van der Waals surface area contributed by atoms with Gasteiger partial charge in [-0.05, 0) is 83.0 Å². The lowest BCUT2D eigenvalue weighted by Gasteiger charge is -2.37. The molecule has 6 aromatic rings. The van der Waals surface area contributed by atoms with Gasteiger partial charge in [0.1, 0.15) is 29.2 Å². The Bertz CT molecular complexity index is 2730. The highest BCUT2D eigenvalue weighted by Gasteiger charge is 2.33. The van der Waals surface area contributed by atoms with Gasteiger partial charge in [0.2, 0.25) is 10.9 Å². The zero-order chi connectivity index (χ0) is 46.2. The summed E-state index contributed by atoms with van der Waals surface area (Å²) in [5, 5.41) is 10.2. The van der Waals surface area contributed by atoms with Gasteiger partial charge in [-0.3, -0.25) is 40.9 Å². The number of likely N-dealkylation sites (N-methyl/N-ethyl adjacent to an activating group) is 1. The molecule has 0 saturated carbocycles. The fraction of sp³-hybridized carbons (Fsp3) is 0.347. The number of nitrogens with one attached hydrogen (secondary N) is 4. The van der Waals surface area contributed by atoms with E-state index in [0.717, 1.165) is 25.1 Å². The summed E-state index contributed by atoms with van der Waals surface area (Å²) in [6.07, 6.45) is 5.41. The van der Waals surface area contributed by atoms with Crippen LogP contribution in [0.25, 0.3) is 21.8 Å². The molecule has 5 N–H and O–H groups in total. The molecule has 2 aromatic heterocycles. The second-order valence-electron chi connectivity index (χ2n) is 17.5. The van der Waals surface area contributed by atoms with E-state index in [1.54, 1.807) is 36.7 Å². The Morgan fingerprint density at radius 3 is 1.73 bits per heavy atom. The number of amides is 2. The van der Waals surface area contributed by atoms with Crippen molar-refractivity contribution in [3.05, 3.63) is 134 Å². The third-order valence-electron chi connectivity index (χ3n) is 13.0. The zero-order valence-corrected chi connectivity index (χ0v) is 37.1. The smallest absolute Gasteiger partial charge is 0.275 e. The van der Waals surface area contributed by atoms with Gasteiger partial charge in [0.25, 0.3) is 11.8 Å². The van der Waals surface area contributed by atoms with Crippen LogP contribution in [0.1, 0.15) is 71.5 Å². The topological polar surface area (TPSA) is 165 Å². The van der Waals surface area contributed by atoms with Crippen molar-refractivity contribution in [1.82, 2.24) is 24.9 Å². The first-order chi connectivity index (χ1) is 31.9. The van der Waals surface area contributed by atoms with E-state index >= 15 is 8.78 Å². The van der Waals surface area contributed by atoms with E-state index in [4.69, 9.17) is 4.74 Å². The number of aromatic nitrogens is 2. The Morgan fingerprint density at radius 2 is 1.17 bits per heavy atom. The van der Waals surface area contributed by atoms with E-state index in [-0.39, 0.29) is 40.1 Å². The van der Waals surface area contributed by atoms with E-state index < -0.39 is 34.3 Å². The third-order valence-corrected chi connectivity index (χ3v) is 13.0. The summed E-state index contributed by atoms with van der Waals surface area (Å²) in [6.45, 7) is 8.40. The first-order valence-electron chi connectivity index (χ1n) is 22.4. The fourth-order valence-corrected chi connectivity index (χ4v) is 9.36. The van der Waals surface area contributed by atoms with E-state index in [1.165, 1.54) is 12.1 Å². The molecular formula is C49H53F2N9O6. The lowest BCUT2D eigenvalue weighted by molar-refractivity contribution is 0.0952. The van der Waals surface area contributed by atoms with Crippen LogP contribution in [0.2, 0.25) is 0 Å². The van der Waals surface area contributed by atoms with Crippen LogP contribution < -0.4 is 47.1 Å². The van der Waals surface area contributed by atoms with Gasteiger partial charge < -0.3 is 33.7 Å². The molecule has 66 heavy (non-hydrogen) atoms. The number of anilines is 4. The number of hydrazine groups is 2. The van der Waals surface area contributed by atoms with Crippen LogP contribution >= 0.6 is 0 Å². The first-order valence-corrected chi connectivity index (χ1v) is 22.4. The van der Waals surface area contributed by atoms with Crippen molar-refractivity contribution < 1.29 is 28.2 Å². The highest BCUT2D eigenvalue weighted by atomic mass is 19.1. The standard InChI is InChI=1S/C25H27FN4O3.C24H26FN5O3/c1-15-7-8-18-22-19(13-21(26)23(18)29-11-9-17(31)10-12-29)24(32)20(14-30(15)22)25(33)28-27-16-5-3-2-4-6-16;1-15-14-33-23-20-17(12-19(25)21(23)29-10-8-28(2)9-11-29)22(31)18(13-30(15)20)24(32)27-26-16-6-4-3-5-7-16/h2-6,13-15,17,27,31H,7-12H2,1H3,(H,28,33);3-7,12-13,15,26H,8-11,14H2,1-2H3,(H,27,32). The Hall–Kier alpha value is -6.98. The number of carbonyl (C=O) groups is 2. The average Bonchev–Trinajstić information content (AvgIpc) is 3.32. The number of pyridine rings is 2. The van der Waals surface area contributed by atoms with Gasteiger partial charge >= 0.3 is 0 Å². The molecular weight excluding hydrogens is 849 g/mol. The number of aliphatic hydroxyl groups excluding tert-OH is 1. The Kier molecular flexibility index (Phi) is 12.4. The van der Waals surface area contributed by atoms with Gasteiger partial charge in [0, 0.05) is 68.7 Å². The molecule has 15 nitrogen and oxygen atoms in total. The number of ether oxygens (including phenoxy) is 1. The van der Waals surface area contributed by atoms with E-state index in [0.29, 0.717) is 91.6 Å². The highest BCUT2D eigenvalue weighted by molar-refractivity contribution is 6.01.